The average molecular weight is 293 g/mol. The zero-order valence-corrected chi connectivity index (χ0v) is 13.6. The molecule has 0 spiro atoms. The van der Waals surface area contributed by atoms with Crippen molar-refractivity contribution in [2.75, 3.05) is 39.8 Å². The highest BCUT2D eigenvalue weighted by atomic mass is 16.1. The normalized spacial score (nSPS) is 18.7. The molecule has 6 nitrogen and oxygen atoms in total. The second-order valence-corrected chi connectivity index (χ2v) is 5.99. The van der Waals surface area contributed by atoms with Gasteiger partial charge in [0.05, 0.1) is 12.2 Å². The maximum atomic E-state index is 12.1. The third kappa shape index (κ3) is 4.28. The van der Waals surface area contributed by atoms with E-state index in [1.807, 2.05) is 31.8 Å². The van der Waals surface area contributed by atoms with E-state index in [2.05, 4.69) is 27.3 Å². The van der Waals surface area contributed by atoms with Gasteiger partial charge in [0.1, 0.15) is 0 Å². The van der Waals surface area contributed by atoms with Crippen molar-refractivity contribution in [3.63, 3.8) is 0 Å². The Bertz CT molecular complexity index is 476. The molecule has 0 aromatic carbocycles. The molecule has 1 N–H and O–H groups in total. The number of piperazine rings is 1. The van der Waals surface area contributed by atoms with Crippen LogP contribution in [0.4, 0.5) is 0 Å². The molecule has 1 aliphatic rings. The van der Waals surface area contributed by atoms with E-state index in [9.17, 15) is 4.79 Å². The molecule has 2 heterocycles. The minimum absolute atomic E-state index is 0.0127. The second kappa shape index (κ2) is 7.04. The van der Waals surface area contributed by atoms with Crippen molar-refractivity contribution in [1.29, 1.82) is 0 Å². The number of hydrogen-bond acceptors (Lipinski definition) is 4. The van der Waals surface area contributed by atoms with E-state index in [-0.39, 0.29) is 11.9 Å². The lowest BCUT2D eigenvalue weighted by Gasteiger charge is -2.32. The predicted molar refractivity (Wildman–Crippen MR) is 83.1 cm³/mol. The molecular weight excluding hydrogens is 266 g/mol. The first kappa shape index (κ1) is 16.0. The number of nitrogens with zero attached hydrogens (tertiary/aromatic N) is 4. The molecule has 1 saturated heterocycles. The molecule has 0 radical (unpaired) electrons. The summed E-state index contributed by atoms with van der Waals surface area (Å²) in [5.74, 6) is 0.115. The van der Waals surface area contributed by atoms with Crippen molar-refractivity contribution in [2.45, 2.75) is 26.3 Å². The fourth-order valence-corrected chi connectivity index (χ4v) is 2.66. The summed E-state index contributed by atoms with van der Waals surface area (Å²) in [4.78, 5) is 16.8. The number of aromatic nitrogens is 2. The summed E-state index contributed by atoms with van der Waals surface area (Å²) in [6.45, 7) is 9.17. The van der Waals surface area contributed by atoms with E-state index in [0.717, 1.165) is 44.0 Å². The first-order chi connectivity index (χ1) is 9.97. The Hall–Kier alpha value is -1.40. The van der Waals surface area contributed by atoms with Gasteiger partial charge >= 0.3 is 0 Å². The summed E-state index contributed by atoms with van der Waals surface area (Å²) in [5, 5.41) is 7.29. The fourth-order valence-electron chi connectivity index (χ4n) is 2.66. The summed E-state index contributed by atoms with van der Waals surface area (Å²) in [6, 6.07) is 0.0127. The van der Waals surface area contributed by atoms with Crippen LogP contribution in [0.2, 0.25) is 0 Å². The van der Waals surface area contributed by atoms with Crippen LogP contribution in [0.25, 0.3) is 0 Å². The van der Waals surface area contributed by atoms with E-state index in [0.29, 0.717) is 6.42 Å². The molecule has 1 unspecified atom stereocenters. The Balaban J connectivity index is 1.75. The summed E-state index contributed by atoms with van der Waals surface area (Å²) in [6.07, 6.45) is 2.40. The van der Waals surface area contributed by atoms with Gasteiger partial charge in [-0.3, -0.25) is 9.48 Å². The number of aryl methyl sites for hydroxylation is 1. The molecule has 1 aromatic rings. The van der Waals surface area contributed by atoms with Crippen LogP contribution in [-0.4, -0.2) is 65.3 Å². The van der Waals surface area contributed by atoms with Crippen LogP contribution in [0.15, 0.2) is 6.20 Å². The number of amides is 1. The summed E-state index contributed by atoms with van der Waals surface area (Å²) >= 11 is 0. The van der Waals surface area contributed by atoms with Gasteiger partial charge in [0.2, 0.25) is 5.91 Å². The maximum Gasteiger partial charge on any atom is 0.221 e. The first-order valence-corrected chi connectivity index (χ1v) is 7.66. The Kier molecular flexibility index (Phi) is 5.36. The van der Waals surface area contributed by atoms with E-state index >= 15 is 0 Å². The Morgan fingerprint density at radius 1 is 1.33 bits per heavy atom. The monoisotopic (exact) mass is 293 g/mol. The second-order valence-electron chi connectivity index (χ2n) is 5.99. The summed E-state index contributed by atoms with van der Waals surface area (Å²) in [5.41, 5.74) is 2.19. The van der Waals surface area contributed by atoms with Crippen LogP contribution in [0, 0.1) is 6.92 Å². The lowest BCUT2D eigenvalue weighted by molar-refractivity contribution is -0.122. The molecule has 1 fully saturated rings. The van der Waals surface area contributed by atoms with Crippen molar-refractivity contribution < 1.29 is 4.79 Å². The third-order valence-corrected chi connectivity index (χ3v) is 4.37. The van der Waals surface area contributed by atoms with Gasteiger partial charge in [-0.25, -0.2) is 0 Å². The SMILES string of the molecule is Cc1c(C(C)NC(=O)CCN2CCN(C)CC2)cnn1C. The number of carbonyl (C=O) groups excluding carboxylic acids is 1. The third-order valence-electron chi connectivity index (χ3n) is 4.37. The van der Waals surface area contributed by atoms with Crippen molar-refractivity contribution in [3.8, 4) is 0 Å². The van der Waals surface area contributed by atoms with Crippen molar-refractivity contribution in [2.24, 2.45) is 7.05 Å². The van der Waals surface area contributed by atoms with Gasteiger partial charge in [-0.2, -0.15) is 5.10 Å². The molecule has 118 valence electrons. The van der Waals surface area contributed by atoms with Gasteiger partial charge in [0.15, 0.2) is 0 Å². The smallest absolute Gasteiger partial charge is 0.221 e. The number of hydrogen-bond donors (Lipinski definition) is 1. The van der Waals surface area contributed by atoms with Crippen molar-refractivity contribution in [3.05, 3.63) is 17.5 Å². The molecule has 0 aliphatic carbocycles. The molecular formula is C15H27N5O. The van der Waals surface area contributed by atoms with E-state index in [4.69, 9.17) is 0 Å². The van der Waals surface area contributed by atoms with E-state index in [1.165, 1.54) is 0 Å². The van der Waals surface area contributed by atoms with Gasteiger partial charge < -0.3 is 15.1 Å². The van der Waals surface area contributed by atoms with Crippen LogP contribution < -0.4 is 5.32 Å². The molecule has 0 bridgehead atoms. The zero-order valence-electron chi connectivity index (χ0n) is 13.6. The van der Waals surface area contributed by atoms with Crippen molar-refractivity contribution >= 4 is 5.91 Å². The topological polar surface area (TPSA) is 53.4 Å². The standard InChI is InChI=1S/C15H27N5O/c1-12(14-11-16-19(4)13(14)2)17-15(21)5-6-20-9-7-18(3)8-10-20/h11-12H,5-10H2,1-4H3,(H,17,21). The number of carbonyl (C=O) groups is 1. The average Bonchev–Trinajstić information content (AvgIpc) is 2.78. The van der Waals surface area contributed by atoms with Gasteiger partial charge in [-0.05, 0) is 20.9 Å². The highest BCUT2D eigenvalue weighted by Crippen LogP contribution is 2.16. The lowest BCUT2D eigenvalue weighted by atomic mass is 10.1. The number of likely N-dealkylation sites (N-methyl/N-ethyl adjacent to an activating group) is 1. The van der Waals surface area contributed by atoms with Gasteiger partial charge in [0.25, 0.3) is 0 Å². The summed E-state index contributed by atoms with van der Waals surface area (Å²) < 4.78 is 1.84. The van der Waals surface area contributed by atoms with E-state index < -0.39 is 0 Å². The van der Waals surface area contributed by atoms with Crippen LogP contribution >= 0.6 is 0 Å². The van der Waals surface area contributed by atoms with Crippen LogP contribution in [0.3, 0.4) is 0 Å². The van der Waals surface area contributed by atoms with Crippen LogP contribution in [0.5, 0.6) is 0 Å². The molecule has 21 heavy (non-hydrogen) atoms. The van der Waals surface area contributed by atoms with Gasteiger partial charge in [0, 0.05) is 57.4 Å². The maximum absolute atomic E-state index is 12.1. The Morgan fingerprint density at radius 3 is 2.57 bits per heavy atom. The molecule has 1 aliphatic heterocycles. The Labute approximate surface area is 127 Å². The number of nitrogens with one attached hydrogen (secondary N) is 1. The molecule has 1 aromatic heterocycles. The molecule has 1 amide bonds. The molecule has 2 rings (SSSR count). The largest absolute Gasteiger partial charge is 0.349 e. The highest BCUT2D eigenvalue weighted by Gasteiger charge is 2.17. The zero-order chi connectivity index (χ0) is 15.4. The predicted octanol–water partition coefficient (Wildman–Crippen LogP) is 0.543. The van der Waals surface area contributed by atoms with E-state index in [1.54, 1.807) is 0 Å². The summed E-state index contributed by atoms with van der Waals surface area (Å²) in [7, 11) is 4.06. The van der Waals surface area contributed by atoms with Gasteiger partial charge in [-0.1, -0.05) is 0 Å². The first-order valence-electron chi connectivity index (χ1n) is 7.66. The van der Waals surface area contributed by atoms with Crippen LogP contribution in [0.1, 0.15) is 30.6 Å². The lowest BCUT2D eigenvalue weighted by Crippen LogP contribution is -2.45. The molecule has 0 saturated carbocycles. The Morgan fingerprint density at radius 2 is 2.00 bits per heavy atom. The minimum atomic E-state index is 0.0127. The van der Waals surface area contributed by atoms with Crippen LogP contribution in [-0.2, 0) is 11.8 Å². The quantitative estimate of drug-likeness (QED) is 0.861. The minimum Gasteiger partial charge on any atom is -0.349 e. The van der Waals surface area contributed by atoms with Gasteiger partial charge in [-0.15, -0.1) is 0 Å². The fraction of sp³-hybridized carbons (Fsp3) is 0.733. The number of rotatable bonds is 5. The van der Waals surface area contributed by atoms with Crippen molar-refractivity contribution in [1.82, 2.24) is 24.9 Å². The molecule has 6 heteroatoms. The molecule has 1 atom stereocenters. The highest BCUT2D eigenvalue weighted by molar-refractivity contribution is 5.76.